The first-order chi connectivity index (χ1) is 6.34. The van der Waals surface area contributed by atoms with E-state index in [1.807, 2.05) is 23.0 Å². The monoisotopic (exact) mass is 302 g/mol. The summed E-state index contributed by atoms with van der Waals surface area (Å²) in [5.41, 5.74) is 6.78. The van der Waals surface area contributed by atoms with Crippen molar-refractivity contribution >= 4 is 16.7 Å². The molecule has 0 saturated heterocycles. The second-order valence-corrected chi connectivity index (χ2v) is 3.57. The minimum absolute atomic E-state index is 0. The Bertz CT molecular complexity index is 389. The molecule has 6 heteroatoms. The summed E-state index contributed by atoms with van der Waals surface area (Å²) in [4.78, 5) is 1.84. The number of hydrogen-bond acceptors (Lipinski definition) is 2. The smallest absolute Gasteiger partial charge is 0.526 e. The molecule has 0 fully saturated rings. The molecule has 1 aromatic heterocycles. The van der Waals surface area contributed by atoms with Gasteiger partial charge >= 0.3 is 22.4 Å². The van der Waals surface area contributed by atoms with E-state index in [2.05, 4.69) is 21.7 Å². The van der Waals surface area contributed by atoms with Gasteiger partial charge in [-0.25, -0.2) is 16.3 Å². The summed E-state index contributed by atoms with van der Waals surface area (Å²) in [6.07, 6.45) is 0. The number of anilines is 1. The van der Waals surface area contributed by atoms with Crippen molar-refractivity contribution in [3.8, 4) is 0 Å². The van der Waals surface area contributed by atoms with E-state index in [9.17, 15) is 0 Å². The first-order valence-electron chi connectivity index (χ1n) is 3.97. The fraction of sp³-hybridized carbons (Fsp3) is 0.125. The molecule has 2 rings (SSSR count). The van der Waals surface area contributed by atoms with E-state index in [-0.39, 0.29) is 22.4 Å². The summed E-state index contributed by atoms with van der Waals surface area (Å²) in [6, 6.07) is 10.2. The van der Waals surface area contributed by atoms with Crippen LogP contribution in [0.15, 0.2) is 30.3 Å². The zero-order valence-electron chi connectivity index (χ0n) is 7.33. The van der Waals surface area contributed by atoms with Crippen LogP contribution < -0.4 is 5.73 Å². The van der Waals surface area contributed by atoms with Crippen molar-refractivity contribution in [2.24, 2.45) is 0 Å². The van der Waals surface area contributed by atoms with Gasteiger partial charge in [0.2, 0.25) is 0 Å². The molecule has 0 spiro atoms. The van der Waals surface area contributed by atoms with E-state index in [1.54, 1.807) is 0 Å². The van der Waals surface area contributed by atoms with Gasteiger partial charge in [-0.05, 0) is 5.56 Å². The van der Waals surface area contributed by atoms with E-state index >= 15 is 0 Å². The first-order valence-corrected chi connectivity index (χ1v) is 4.79. The molecule has 0 aliphatic heterocycles. The van der Waals surface area contributed by atoms with Crippen LogP contribution in [0.2, 0.25) is 0 Å². The molecule has 0 unspecified atom stereocenters. The van der Waals surface area contributed by atoms with E-state index in [4.69, 9.17) is 5.73 Å². The molecule has 0 amide bonds. The van der Waals surface area contributed by atoms with Crippen LogP contribution in [0.3, 0.4) is 0 Å². The van der Waals surface area contributed by atoms with Crippen LogP contribution in [0, 0.1) is 0 Å². The average Bonchev–Trinajstić information content (AvgIpc) is 2.53. The summed E-state index contributed by atoms with van der Waals surface area (Å²) in [5.74, 6) is 0. The zero-order chi connectivity index (χ0) is 9.10. The Kier molecular flexibility index (Phi) is 4.22. The summed E-state index contributed by atoms with van der Waals surface area (Å²) >= 11 is 1.38. The van der Waals surface area contributed by atoms with Gasteiger partial charge in [-0.3, -0.25) is 4.49 Å². The molecule has 80 valence electrons. The third kappa shape index (κ3) is 2.88. The largest absolute Gasteiger partial charge is 1.00 e. The van der Waals surface area contributed by atoms with E-state index < -0.39 is 0 Å². The van der Waals surface area contributed by atoms with Crippen LogP contribution in [0.1, 0.15) is 5.56 Å². The Labute approximate surface area is 101 Å². The number of aromatic amines is 2. The van der Waals surface area contributed by atoms with Crippen molar-refractivity contribution in [1.29, 1.82) is 0 Å². The summed E-state index contributed by atoms with van der Waals surface area (Å²) < 4.78 is 3.03. The SMILES string of the molecule is N[c-]1[nH]n(Cc2ccccc2)[nH]s1.[Ag+]. The molecular weight excluding hydrogens is 292 g/mol. The van der Waals surface area contributed by atoms with Gasteiger partial charge in [-0.1, -0.05) is 30.3 Å². The molecule has 4 N–H and O–H groups in total. The standard InChI is InChI=1S/C8H11N4S.Ag/c9-8-10-12(11-13-8)6-7-4-2-1-3-5-7;/h1-5,10-11H,6,9H2;/q-1;+1. The minimum Gasteiger partial charge on any atom is -0.526 e. The molecule has 0 saturated carbocycles. The van der Waals surface area contributed by atoms with E-state index in [1.165, 1.54) is 17.1 Å². The molecule has 0 aliphatic rings. The third-order valence-corrected chi connectivity index (χ3v) is 2.32. The van der Waals surface area contributed by atoms with Gasteiger partial charge in [0.1, 0.15) is 0 Å². The number of nitrogens with one attached hydrogen (secondary N) is 2. The van der Waals surface area contributed by atoms with Gasteiger partial charge in [-0.2, -0.15) is 0 Å². The zero-order valence-corrected chi connectivity index (χ0v) is 9.63. The second kappa shape index (κ2) is 5.21. The van der Waals surface area contributed by atoms with Gasteiger partial charge in [0.25, 0.3) is 0 Å². The molecular formula is C8H11AgN4S. The van der Waals surface area contributed by atoms with Crippen molar-refractivity contribution in [3.63, 3.8) is 0 Å². The number of aromatic nitrogens is 3. The van der Waals surface area contributed by atoms with Gasteiger partial charge in [-0.15, -0.1) is 5.13 Å². The number of nitrogen functional groups attached to an aromatic ring is 1. The van der Waals surface area contributed by atoms with Crippen molar-refractivity contribution < 1.29 is 22.4 Å². The molecule has 0 radical (unpaired) electrons. The van der Waals surface area contributed by atoms with Gasteiger partial charge in [0.05, 0.1) is 6.54 Å². The second-order valence-electron chi connectivity index (χ2n) is 2.74. The summed E-state index contributed by atoms with van der Waals surface area (Å²) in [7, 11) is 0. The Hall–Kier alpha value is -0.750. The first kappa shape index (κ1) is 11.3. The van der Waals surface area contributed by atoms with Crippen LogP contribution in [-0.2, 0) is 28.9 Å². The third-order valence-electron chi connectivity index (χ3n) is 1.69. The number of rotatable bonds is 2. The molecule has 1 aromatic carbocycles. The Morgan fingerprint density at radius 2 is 2.07 bits per heavy atom. The van der Waals surface area contributed by atoms with Crippen LogP contribution in [0.4, 0.5) is 5.13 Å². The maximum Gasteiger partial charge on any atom is 1.00 e. The molecule has 14 heavy (non-hydrogen) atoms. The number of nitrogens with two attached hydrogens (primary N) is 1. The van der Waals surface area contributed by atoms with Crippen molar-refractivity contribution in [1.82, 2.24) is 14.4 Å². The average molecular weight is 303 g/mol. The van der Waals surface area contributed by atoms with Crippen molar-refractivity contribution in [3.05, 3.63) is 35.9 Å². The van der Waals surface area contributed by atoms with Gasteiger partial charge in [0, 0.05) is 0 Å². The minimum atomic E-state index is 0. The normalized spacial score (nSPS) is 9.43. The van der Waals surface area contributed by atoms with Gasteiger partial charge in [0.15, 0.2) is 0 Å². The summed E-state index contributed by atoms with van der Waals surface area (Å²) in [5, 5.41) is 3.66. The molecule has 0 atom stereocenters. The molecule has 4 nitrogen and oxygen atoms in total. The fourth-order valence-electron chi connectivity index (χ4n) is 1.12. The van der Waals surface area contributed by atoms with Crippen LogP contribution in [0.5, 0.6) is 0 Å². The fourth-order valence-corrected chi connectivity index (χ4v) is 1.60. The topological polar surface area (TPSA) is 62.5 Å². The van der Waals surface area contributed by atoms with Crippen molar-refractivity contribution in [2.45, 2.75) is 6.54 Å². The Morgan fingerprint density at radius 3 is 2.64 bits per heavy atom. The molecule has 2 aromatic rings. The Balaban J connectivity index is 0.000000980. The number of H-pyrrole nitrogens is 2. The number of benzene rings is 1. The molecule has 0 aliphatic carbocycles. The number of nitrogens with zero attached hydrogens (tertiary/aromatic N) is 1. The summed E-state index contributed by atoms with van der Waals surface area (Å²) in [6.45, 7) is 0.786. The predicted octanol–water partition coefficient (Wildman–Crippen LogP) is 1.68. The van der Waals surface area contributed by atoms with E-state index in [0.29, 0.717) is 5.13 Å². The quantitative estimate of drug-likeness (QED) is 0.573. The van der Waals surface area contributed by atoms with Crippen LogP contribution >= 0.6 is 11.5 Å². The maximum absolute atomic E-state index is 5.54. The van der Waals surface area contributed by atoms with Gasteiger partial charge < -0.3 is 10.8 Å². The number of hydrogen-bond donors (Lipinski definition) is 3. The van der Waals surface area contributed by atoms with E-state index in [0.717, 1.165) is 6.54 Å². The van der Waals surface area contributed by atoms with Crippen molar-refractivity contribution in [2.75, 3.05) is 5.73 Å². The maximum atomic E-state index is 5.54. The Morgan fingerprint density at radius 1 is 1.36 bits per heavy atom. The molecule has 0 bridgehead atoms. The van der Waals surface area contributed by atoms with Crippen LogP contribution in [-0.4, -0.2) is 14.4 Å². The molecule has 1 heterocycles. The van der Waals surface area contributed by atoms with Crippen LogP contribution in [0.25, 0.3) is 0 Å². The predicted molar refractivity (Wildman–Crippen MR) is 54.2 cm³/mol.